The Kier molecular flexibility index (Phi) is 10.3. The highest BCUT2D eigenvalue weighted by Gasteiger charge is 2.37. The third-order valence-corrected chi connectivity index (χ3v) is 12.6. The zero-order valence-electron chi connectivity index (χ0n) is 23.4. The van der Waals surface area contributed by atoms with Gasteiger partial charge in [-0.15, -0.1) is 0 Å². The molecule has 38 heavy (non-hydrogen) atoms. The number of hydrogen-bond acceptors (Lipinski definition) is 6. The zero-order chi connectivity index (χ0) is 28.1. The molecule has 1 saturated heterocycles. The summed E-state index contributed by atoms with van der Waals surface area (Å²) in [6, 6.07) is 13.2. The largest absolute Gasteiger partial charge is 0.489 e. The lowest BCUT2D eigenvalue weighted by Crippen LogP contribution is -2.43. The Bertz CT molecular complexity index is 1210. The molecule has 0 aromatic heterocycles. The van der Waals surface area contributed by atoms with Crippen molar-refractivity contribution in [2.45, 2.75) is 65.3 Å². The number of aryl methyl sites for hydroxylation is 1. The Hall–Kier alpha value is -2.10. The van der Waals surface area contributed by atoms with Crippen molar-refractivity contribution in [3.8, 4) is 5.75 Å². The molecule has 0 saturated carbocycles. The predicted octanol–water partition coefficient (Wildman–Crippen LogP) is 7.30. The van der Waals surface area contributed by atoms with Crippen LogP contribution in [0.15, 0.2) is 52.4 Å². The van der Waals surface area contributed by atoms with E-state index in [4.69, 9.17) is 20.8 Å². The van der Waals surface area contributed by atoms with Crippen LogP contribution in [0.4, 0.5) is 5.69 Å². The van der Waals surface area contributed by atoms with Gasteiger partial charge in [0.05, 0.1) is 22.2 Å². The molecule has 1 fully saturated rings. The van der Waals surface area contributed by atoms with Crippen LogP contribution in [0, 0.1) is 6.92 Å². The van der Waals surface area contributed by atoms with Crippen LogP contribution < -0.4 is 9.64 Å². The summed E-state index contributed by atoms with van der Waals surface area (Å²) >= 11 is 7.87. The van der Waals surface area contributed by atoms with Crippen molar-refractivity contribution in [1.82, 2.24) is 0 Å². The highest BCUT2D eigenvalue weighted by molar-refractivity contribution is 8.19. The van der Waals surface area contributed by atoms with Crippen LogP contribution >= 0.6 is 23.4 Å². The van der Waals surface area contributed by atoms with Gasteiger partial charge in [0.1, 0.15) is 18.5 Å². The Labute approximate surface area is 237 Å². The number of halogens is 1. The summed E-state index contributed by atoms with van der Waals surface area (Å²) in [5.74, 6) is 0.359. The molecule has 9 heteroatoms. The van der Waals surface area contributed by atoms with E-state index in [1.54, 1.807) is 17.0 Å². The molecular weight excluding hydrogens is 536 g/mol. The van der Waals surface area contributed by atoms with Gasteiger partial charge in [0.2, 0.25) is 0 Å². The normalized spacial score (nSPS) is 17.5. The molecule has 6 nitrogen and oxygen atoms in total. The van der Waals surface area contributed by atoms with E-state index in [9.17, 15) is 9.90 Å². The average Bonchev–Trinajstić information content (AvgIpc) is 3.15. The summed E-state index contributed by atoms with van der Waals surface area (Å²) in [7, 11) is -1.95. The number of hydrogen-bond donors (Lipinski definition) is 1. The van der Waals surface area contributed by atoms with Crippen molar-refractivity contribution >= 4 is 54.5 Å². The number of anilines is 1. The van der Waals surface area contributed by atoms with E-state index in [2.05, 4.69) is 45.8 Å². The molecule has 3 rings (SSSR count). The van der Waals surface area contributed by atoms with E-state index in [-0.39, 0.29) is 24.2 Å². The number of nitrogens with zero attached hydrogens (tertiary/aromatic N) is 2. The number of ether oxygens (including phenoxy) is 1. The number of amides is 1. The minimum absolute atomic E-state index is 0.0692. The summed E-state index contributed by atoms with van der Waals surface area (Å²) in [5.41, 5.74) is 2.62. The van der Waals surface area contributed by atoms with E-state index >= 15 is 0 Å². The Morgan fingerprint density at radius 1 is 1.18 bits per heavy atom. The minimum atomic E-state index is -1.95. The minimum Gasteiger partial charge on any atom is -0.489 e. The molecule has 2 aromatic carbocycles. The fraction of sp³-hybridized carbons (Fsp3) is 0.448. The van der Waals surface area contributed by atoms with Gasteiger partial charge in [-0.1, -0.05) is 63.6 Å². The number of thioether (sulfide) groups is 1. The van der Waals surface area contributed by atoms with Crippen LogP contribution in [0.5, 0.6) is 5.75 Å². The van der Waals surface area contributed by atoms with Gasteiger partial charge < -0.3 is 14.3 Å². The summed E-state index contributed by atoms with van der Waals surface area (Å²) in [5, 5.41) is 11.5. The van der Waals surface area contributed by atoms with Crippen LogP contribution in [-0.4, -0.2) is 50.4 Å². The SMILES string of the molecule is CCC/N=C1\S/C(=C\c2ccc(OCC(O)CO[Si](C)(C)C(C)(C)C)c(Cl)c2)C(=O)N1c1ccccc1C. The van der Waals surface area contributed by atoms with Crippen molar-refractivity contribution in [3.05, 3.63) is 63.5 Å². The number of carbonyl (C=O) groups is 1. The molecular formula is C29H39ClN2O4SSi. The van der Waals surface area contributed by atoms with Gasteiger partial charge >= 0.3 is 0 Å². The van der Waals surface area contributed by atoms with E-state index in [1.807, 2.05) is 43.3 Å². The third kappa shape index (κ3) is 7.51. The molecule has 0 radical (unpaired) electrons. The molecule has 0 bridgehead atoms. The summed E-state index contributed by atoms with van der Waals surface area (Å²) in [6.45, 7) is 15.8. The van der Waals surface area contributed by atoms with Gasteiger partial charge in [0, 0.05) is 6.54 Å². The van der Waals surface area contributed by atoms with Gasteiger partial charge in [-0.3, -0.25) is 14.7 Å². The number of aliphatic imine (C=N–C) groups is 1. The lowest BCUT2D eigenvalue weighted by Gasteiger charge is -2.36. The number of carbonyl (C=O) groups excluding carboxylic acids is 1. The van der Waals surface area contributed by atoms with Crippen LogP contribution in [0.2, 0.25) is 23.2 Å². The fourth-order valence-electron chi connectivity index (χ4n) is 3.44. The third-order valence-electron chi connectivity index (χ3n) is 6.76. The average molecular weight is 575 g/mol. The number of para-hydroxylation sites is 1. The number of benzene rings is 2. The lowest BCUT2D eigenvalue weighted by molar-refractivity contribution is -0.113. The fourth-order valence-corrected chi connectivity index (χ4v) is 5.73. The second-order valence-electron chi connectivity index (χ2n) is 10.9. The van der Waals surface area contributed by atoms with Gasteiger partial charge in [-0.25, -0.2) is 0 Å². The molecule has 1 atom stereocenters. The molecule has 1 amide bonds. The quantitative estimate of drug-likeness (QED) is 0.238. The van der Waals surface area contributed by atoms with Crippen molar-refractivity contribution in [2.24, 2.45) is 4.99 Å². The zero-order valence-corrected chi connectivity index (χ0v) is 25.9. The van der Waals surface area contributed by atoms with Crippen LogP contribution in [-0.2, 0) is 9.22 Å². The standard InChI is InChI=1S/C29H39ClN2O4SSi/c1-8-15-31-28-32(24-12-10-9-11-20(24)2)27(34)26(37-28)17-21-13-14-25(23(30)16-21)35-18-22(33)19-36-38(6,7)29(3,4)5/h9-14,16-17,22,33H,8,15,18-19H2,1-7H3/b26-17-,31-28-. The lowest BCUT2D eigenvalue weighted by atomic mass is 10.1. The van der Waals surface area contributed by atoms with Crippen molar-refractivity contribution < 1.29 is 19.1 Å². The smallest absolute Gasteiger partial charge is 0.271 e. The molecule has 1 unspecified atom stereocenters. The summed E-state index contributed by atoms with van der Waals surface area (Å²) < 4.78 is 11.9. The Morgan fingerprint density at radius 3 is 2.53 bits per heavy atom. The molecule has 2 aromatic rings. The first-order chi connectivity index (χ1) is 17.8. The van der Waals surface area contributed by atoms with Gasteiger partial charge in [0.15, 0.2) is 13.5 Å². The molecule has 0 aliphatic carbocycles. The van der Waals surface area contributed by atoms with E-state index in [0.717, 1.165) is 23.2 Å². The second-order valence-corrected chi connectivity index (χ2v) is 17.2. The van der Waals surface area contributed by atoms with Crippen molar-refractivity contribution in [2.75, 3.05) is 24.7 Å². The molecule has 1 heterocycles. The first kappa shape index (κ1) is 30.4. The summed E-state index contributed by atoms with van der Waals surface area (Å²) in [4.78, 5) is 20.3. The second kappa shape index (κ2) is 12.8. The highest BCUT2D eigenvalue weighted by Crippen LogP contribution is 2.38. The topological polar surface area (TPSA) is 71.4 Å². The monoisotopic (exact) mass is 574 g/mol. The number of amidine groups is 1. The number of aliphatic hydroxyl groups is 1. The molecule has 1 N–H and O–H groups in total. The van der Waals surface area contributed by atoms with Crippen molar-refractivity contribution in [1.29, 1.82) is 0 Å². The summed E-state index contributed by atoms with van der Waals surface area (Å²) in [6.07, 6.45) is 1.96. The maximum Gasteiger partial charge on any atom is 0.271 e. The Balaban J connectivity index is 1.71. The first-order valence-corrected chi connectivity index (χ1v) is 17.0. The van der Waals surface area contributed by atoms with E-state index in [1.165, 1.54) is 11.8 Å². The maximum atomic E-state index is 13.4. The van der Waals surface area contributed by atoms with Crippen LogP contribution in [0.1, 0.15) is 45.2 Å². The van der Waals surface area contributed by atoms with Gasteiger partial charge in [0.25, 0.3) is 5.91 Å². The predicted molar refractivity (Wildman–Crippen MR) is 163 cm³/mol. The first-order valence-electron chi connectivity index (χ1n) is 12.9. The number of rotatable bonds is 10. The van der Waals surface area contributed by atoms with Crippen LogP contribution in [0.25, 0.3) is 6.08 Å². The van der Waals surface area contributed by atoms with Gasteiger partial charge in [-0.2, -0.15) is 0 Å². The maximum absolute atomic E-state index is 13.4. The van der Waals surface area contributed by atoms with Crippen molar-refractivity contribution in [3.63, 3.8) is 0 Å². The molecule has 1 aliphatic rings. The van der Waals surface area contributed by atoms with Crippen LogP contribution in [0.3, 0.4) is 0 Å². The van der Waals surface area contributed by atoms with E-state index < -0.39 is 14.4 Å². The molecule has 0 spiro atoms. The van der Waals surface area contributed by atoms with E-state index in [0.29, 0.717) is 27.4 Å². The molecule has 206 valence electrons. The number of aliphatic hydroxyl groups excluding tert-OH is 1. The Morgan fingerprint density at radius 2 is 1.89 bits per heavy atom. The van der Waals surface area contributed by atoms with Gasteiger partial charge in [-0.05, 0) is 78.6 Å². The molecule has 1 aliphatic heterocycles. The highest BCUT2D eigenvalue weighted by atomic mass is 35.5.